The van der Waals surface area contributed by atoms with E-state index in [4.69, 9.17) is 11.6 Å². The lowest BCUT2D eigenvalue weighted by Gasteiger charge is -1.93. The highest BCUT2D eigenvalue weighted by Crippen LogP contribution is 1.97. The van der Waals surface area contributed by atoms with E-state index in [2.05, 4.69) is 11.8 Å². The third-order valence-electron chi connectivity index (χ3n) is 0.793. The highest BCUT2D eigenvalue weighted by molar-refractivity contribution is 6.18. The summed E-state index contributed by atoms with van der Waals surface area (Å²) < 4.78 is 12.2. The van der Waals surface area contributed by atoms with Crippen LogP contribution in [0.25, 0.3) is 0 Å². The lowest BCUT2D eigenvalue weighted by atomic mass is 10.3. The molecule has 0 aliphatic heterocycles. The molecule has 2 heteroatoms. The first-order valence-corrected chi connectivity index (χ1v) is 3.50. The predicted molar refractivity (Wildman–Crippen MR) is 38.3 cm³/mol. The summed E-state index contributed by atoms with van der Waals surface area (Å²) in [6, 6.07) is 0. The van der Waals surface area contributed by atoms with Gasteiger partial charge in [-0.25, -0.2) is 4.39 Å². The monoisotopic (exact) mass is 148 g/mol. The van der Waals surface area contributed by atoms with Crippen molar-refractivity contribution in [2.75, 3.05) is 5.88 Å². The van der Waals surface area contributed by atoms with Gasteiger partial charge < -0.3 is 0 Å². The van der Waals surface area contributed by atoms with E-state index in [1.165, 1.54) is 0 Å². The molecule has 0 fully saturated rings. The normalized spacial score (nSPS) is 11.9. The van der Waals surface area contributed by atoms with E-state index in [-0.39, 0.29) is 12.3 Å². The van der Waals surface area contributed by atoms with E-state index in [1.807, 2.05) is 6.92 Å². The van der Waals surface area contributed by atoms with E-state index in [9.17, 15) is 4.39 Å². The lowest BCUT2D eigenvalue weighted by Crippen LogP contribution is -1.98. The molecule has 52 valence electrons. The van der Waals surface area contributed by atoms with Crippen molar-refractivity contribution in [3.05, 3.63) is 0 Å². The molecule has 0 aromatic heterocycles. The second-order valence-electron chi connectivity index (χ2n) is 1.66. The molecule has 0 bridgehead atoms. The molecule has 0 spiro atoms. The summed E-state index contributed by atoms with van der Waals surface area (Å²) in [7, 11) is 0. The minimum Gasteiger partial charge on any atom is -0.245 e. The average molecular weight is 149 g/mol. The van der Waals surface area contributed by atoms with Crippen molar-refractivity contribution < 1.29 is 4.39 Å². The number of hydrogen-bond donors (Lipinski definition) is 0. The van der Waals surface area contributed by atoms with Crippen LogP contribution in [0.4, 0.5) is 4.39 Å². The zero-order valence-corrected chi connectivity index (χ0v) is 6.21. The lowest BCUT2D eigenvalue weighted by molar-refractivity contribution is 0.373. The maximum atomic E-state index is 12.2. The Kier molecular flexibility index (Phi) is 5.76. The van der Waals surface area contributed by atoms with Crippen LogP contribution in [0.1, 0.15) is 19.8 Å². The Hall–Kier alpha value is -0.220. The van der Waals surface area contributed by atoms with Crippen LogP contribution in [0.3, 0.4) is 0 Å². The largest absolute Gasteiger partial charge is 0.245 e. The summed E-state index contributed by atoms with van der Waals surface area (Å²) in [5, 5.41) is 0. The van der Waals surface area contributed by atoms with Gasteiger partial charge in [0.1, 0.15) is 6.17 Å². The topological polar surface area (TPSA) is 0 Å². The third-order valence-corrected chi connectivity index (χ3v) is 1.13. The second-order valence-corrected chi connectivity index (χ2v) is 1.97. The van der Waals surface area contributed by atoms with Gasteiger partial charge in [0.25, 0.3) is 0 Å². The number of hydrogen-bond acceptors (Lipinski definition) is 0. The second kappa shape index (κ2) is 5.91. The van der Waals surface area contributed by atoms with Crippen molar-refractivity contribution in [3.8, 4) is 11.8 Å². The fourth-order valence-corrected chi connectivity index (χ4v) is 0.472. The molecule has 0 radical (unpaired) electrons. The Morgan fingerprint density at radius 2 is 2.22 bits per heavy atom. The summed E-state index contributed by atoms with van der Waals surface area (Å²) in [5.74, 6) is 5.50. The zero-order valence-electron chi connectivity index (χ0n) is 5.45. The summed E-state index contributed by atoms with van der Waals surface area (Å²) in [6.45, 7) is 1.93. The number of halogens is 2. The third kappa shape index (κ3) is 5.65. The van der Waals surface area contributed by atoms with Crippen LogP contribution in [-0.4, -0.2) is 12.1 Å². The van der Waals surface area contributed by atoms with Crippen molar-refractivity contribution in [1.82, 2.24) is 0 Å². The molecule has 0 nitrogen and oxygen atoms in total. The Morgan fingerprint density at radius 3 is 2.67 bits per heavy atom. The molecular formula is C7H10ClF. The molecule has 0 aliphatic carbocycles. The van der Waals surface area contributed by atoms with Crippen LogP contribution < -0.4 is 0 Å². The quantitative estimate of drug-likeness (QED) is 0.417. The van der Waals surface area contributed by atoms with Gasteiger partial charge in [0.15, 0.2) is 0 Å². The summed E-state index contributed by atoms with van der Waals surface area (Å²) in [5.41, 5.74) is 0. The molecule has 0 unspecified atom stereocenters. The van der Waals surface area contributed by atoms with Gasteiger partial charge in [0, 0.05) is 12.8 Å². The van der Waals surface area contributed by atoms with Crippen LogP contribution in [0.5, 0.6) is 0 Å². The Bertz CT molecular complexity index is 112. The van der Waals surface area contributed by atoms with Crippen LogP contribution in [0.15, 0.2) is 0 Å². The van der Waals surface area contributed by atoms with Gasteiger partial charge in [0.05, 0.1) is 5.88 Å². The van der Waals surface area contributed by atoms with Crippen LogP contribution in [0.2, 0.25) is 0 Å². The van der Waals surface area contributed by atoms with Gasteiger partial charge in [-0.15, -0.1) is 23.4 Å². The van der Waals surface area contributed by atoms with E-state index >= 15 is 0 Å². The van der Waals surface area contributed by atoms with E-state index < -0.39 is 6.17 Å². The van der Waals surface area contributed by atoms with Crippen LogP contribution in [0, 0.1) is 11.8 Å². The highest BCUT2D eigenvalue weighted by Gasteiger charge is 1.98. The standard InChI is InChI=1S/C7H10ClF/c1-2-3-4-5-7(9)6-8/h7H,2,5-6H2,1H3/t7-/m0/s1. The molecule has 1 atom stereocenters. The van der Waals surface area contributed by atoms with Gasteiger partial charge in [-0.3, -0.25) is 0 Å². The van der Waals surface area contributed by atoms with Gasteiger partial charge >= 0.3 is 0 Å². The minimum atomic E-state index is -0.953. The van der Waals surface area contributed by atoms with Gasteiger partial charge in [-0.2, -0.15) is 0 Å². The Labute approximate surface area is 60.4 Å². The van der Waals surface area contributed by atoms with Crippen molar-refractivity contribution in [3.63, 3.8) is 0 Å². The maximum Gasteiger partial charge on any atom is 0.124 e. The van der Waals surface area contributed by atoms with Crippen molar-refractivity contribution in [2.24, 2.45) is 0 Å². The Morgan fingerprint density at radius 1 is 1.56 bits per heavy atom. The first-order chi connectivity index (χ1) is 4.31. The fourth-order valence-electron chi connectivity index (χ4n) is 0.362. The molecule has 0 saturated heterocycles. The van der Waals surface area contributed by atoms with Crippen molar-refractivity contribution >= 4 is 11.6 Å². The summed E-state index contributed by atoms with van der Waals surface area (Å²) in [6.07, 6.45) is 0.109. The highest BCUT2D eigenvalue weighted by atomic mass is 35.5. The summed E-state index contributed by atoms with van der Waals surface area (Å²) >= 11 is 5.19. The van der Waals surface area contributed by atoms with E-state index in [0.717, 1.165) is 6.42 Å². The molecule has 9 heavy (non-hydrogen) atoms. The van der Waals surface area contributed by atoms with Crippen molar-refractivity contribution in [1.29, 1.82) is 0 Å². The smallest absolute Gasteiger partial charge is 0.124 e. The van der Waals surface area contributed by atoms with Crippen LogP contribution in [-0.2, 0) is 0 Å². The van der Waals surface area contributed by atoms with Crippen LogP contribution >= 0.6 is 11.6 Å². The first-order valence-electron chi connectivity index (χ1n) is 2.97. The van der Waals surface area contributed by atoms with Gasteiger partial charge in [-0.1, -0.05) is 6.92 Å². The fraction of sp³-hybridized carbons (Fsp3) is 0.714. The zero-order chi connectivity index (χ0) is 7.11. The Balaban J connectivity index is 3.25. The molecule has 0 rings (SSSR count). The molecule has 0 heterocycles. The number of alkyl halides is 2. The molecule has 0 N–H and O–H groups in total. The molecule has 0 aromatic carbocycles. The van der Waals surface area contributed by atoms with E-state index in [1.54, 1.807) is 0 Å². The number of rotatable bonds is 2. The molecule has 0 aliphatic rings. The molecule has 0 amide bonds. The van der Waals surface area contributed by atoms with Crippen molar-refractivity contribution in [2.45, 2.75) is 25.9 Å². The summed E-state index contributed by atoms with van der Waals surface area (Å²) in [4.78, 5) is 0. The predicted octanol–water partition coefficient (Wildman–Crippen LogP) is 2.37. The van der Waals surface area contributed by atoms with E-state index in [0.29, 0.717) is 0 Å². The molecule has 0 saturated carbocycles. The average Bonchev–Trinajstić information content (AvgIpc) is 1.89. The van der Waals surface area contributed by atoms with Gasteiger partial charge in [0.2, 0.25) is 0 Å². The first kappa shape index (κ1) is 8.78. The minimum absolute atomic E-state index is 0.0540. The molecule has 0 aromatic rings. The molecular weight excluding hydrogens is 139 g/mol. The van der Waals surface area contributed by atoms with Gasteiger partial charge in [-0.05, 0) is 0 Å². The maximum absolute atomic E-state index is 12.2. The SMILES string of the molecule is CCC#CC[C@H](F)CCl.